The topological polar surface area (TPSA) is 75.7 Å². The number of aryl methyl sites for hydroxylation is 1. The molecule has 26 heavy (non-hydrogen) atoms. The maximum Gasteiger partial charge on any atom is 0.331 e. The highest BCUT2D eigenvalue weighted by Gasteiger charge is 2.49. The van der Waals surface area contributed by atoms with Gasteiger partial charge in [0.05, 0.1) is 0 Å². The van der Waals surface area contributed by atoms with Crippen LogP contribution in [-0.2, 0) is 15.1 Å². The Morgan fingerprint density at radius 3 is 2.54 bits per heavy atom. The molecule has 0 aromatic heterocycles. The number of urea groups is 1. The Kier molecular flexibility index (Phi) is 4.70. The molecular weight excluding hydrogens is 356 g/mol. The van der Waals surface area contributed by atoms with Crippen molar-refractivity contribution < 1.29 is 19.1 Å². The number of hydrogen-bond donors (Lipinski definition) is 1. The molecule has 1 heterocycles. The first-order valence-electron chi connectivity index (χ1n) is 7.98. The number of imide groups is 1. The lowest BCUT2D eigenvalue weighted by Crippen LogP contribution is -2.41. The average molecular weight is 373 g/mol. The van der Waals surface area contributed by atoms with Crippen LogP contribution in [0.4, 0.5) is 4.79 Å². The van der Waals surface area contributed by atoms with Crippen LogP contribution < -0.4 is 10.1 Å². The molecule has 3 rings (SSSR count). The van der Waals surface area contributed by atoms with E-state index in [1.807, 2.05) is 6.07 Å². The van der Waals surface area contributed by atoms with Crippen molar-refractivity contribution in [2.24, 2.45) is 0 Å². The van der Waals surface area contributed by atoms with Gasteiger partial charge in [0.1, 0.15) is 17.8 Å². The summed E-state index contributed by atoms with van der Waals surface area (Å²) >= 11 is 5.87. The second-order valence-corrected chi connectivity index (χ2v) is 6.63. The van der Waals surface area contributed by atoms with E-state index in [0.29, 0.717) is 21.9 Å². The van der Waals surface area contributed by atoms with Crippen LogP contribution in [0.5, 0.6) is 5.75 Å². The van der Waals surface area contributed by atoms with Crippen LogP contribution in [0.25, 0.3) is 0 Å². The molecule has 1 fully saturated rings. The fraction of sp³-hybridized carbons (Fsp3) is 0.211. The van der Waals surface area contributed by atoms with E-state index in [4.69, 9.17) is 16.3 Å². The first kappa shape index (κ1) is 17.9. The zero-order valence-corrected chi connectivity index (χ0v) is 15.0. The van der Waals surface area contributed by atoms with Crippen molar-refractivity contribution >= 4 is 29.5 Å². The Morgan fingerprint density at radius 1 is 1.19 bits per heavy atom. The molecule has 1 unspecified atom stereocenters. The van der Waals surface area contributed by atoms with Gasteiger partial charge in [-0.3, -0.25) is 9.69 Å². The number of ether oxygens (including phenoxy) is 1. The molecule has 2 aromatic carbocycles. The Labute approximate surface area is 155 Å². The normalized spacial score (nSPS) is 19.4. The van der Waals surface area contributed by atoms with Gasteiger partial charge in [0.2, 0.25) is 0 Å². The number of carbonyl (C=O) groups is 3. The molecule has 1 N–H and O–H groups in total. The third kappa shape index (κ3) is 3.28. The summed E-state index contributed by atoms with van der Waals surface area (Å²) in [5, 5.41) is 3.17. The molecule has 1 saturated heterocycles. The molecule has 0 radical (unpaired) electrons. The Hall–Kier alpha value is -2.86. The summed E-state index contributed by atoms with van der Waals surface area (Å²) in [6.07, 6.45) is 0. The van der Waals surface area contributed by atoms with Crippen LogP contribution in [0.2, 0.25) is 5.02 Å². The van der Waals surface area contributed by atoms with Crippen molar-refractivity contribution in [2.45, 2.75) is 19.4 Å². The van der Waals surface area contributed by atoms with Gasteiger partial charge >= 0.3 is 12.0 Å². The predicted octanol–water partition coefficient (Wildman–Crippen LogP) is 3.02. The van der Waals surface area contributed by atoms with Gasteiger partial charge in [-0.1, -0.05) is 41.9 Å². The summed E-state index contributed by atoms with van der Waals surface area (Å²) in [6, 6.07) is 13.1. The molecule has 0 bridgehead atoms. The van der Waals surface area contributed by atoms with E-state index in [9.17, 15) is 14.4 Å². The van der Waals surface area contributed by atoms with Gasteiger partial charge < -0.3 is 10.1 Å². The van der Waals surface area contributed by atoms with Crippen molar-refractivity contribution in [3.63, 3.8) is 0 Å². The van der Waals surface area contributed by atoms with E-state index in [-0.39, 0.29) is 0 Å². The van der Waals surface area contributed by atoms with Gasteiger partial charge in [-0.15, -0.1) is 0 Å². The molecule has 0 spiro atoms. The van der Waals surface area contributed by atoms with Gasteiger partial charge in [0.15, 0.2) is 0 Å². The fourth-order valence-corrected chi connectivity index (χ4v) is 3.05. The van der Waals surface area contributed by atoms with Gasteiger partial charge in [0, 0.05) is 5.02 Å². The number of hydrogen-bond acceptors (Lipinski definition) is 4. The van der Waals surface area contributed by atoms with Crippen LogP contribution in [0.1, 0.15) is 18.1 Å². The van der Waals surface area contributed by atoms with E-state index in [1.54, 1.807) is 56.3 Å². The monoisotopic (exact) mass is 372 g/mol. The Balaban J connectivity index is 1.74. The van der Waals surface area contributed by atoms with E-state index in [2.05, 4.69) is 5.32 Å². The maximum absolute atomic E-state index is 12.8. The molecule has 6 nitrogen and oxygen atoms in total. The zero-order valence-electron chi connectivity index (χ0n) is 14.3. The summed E-state index contributed by atoms with van der Waals surface area (Å²) in [5.41, 5.74) is 0.106. The van der Waals surface area contributed by atoms with Crippen LogP contribution >= 0.6 is 11.6 Å². The summed E-state index contributed by atoms with van der Waals surface area (Å²) in [4.78, 5) is 38.1. The van der Waals surface area contributed by atoms with Crippen molar-refractivity contribution in [3.05, 3.63) is 64.7 Å². The highest BCUT2D eigenvalue weighted by atomic mass is 35.5. The van der Waals surface area contributed by atoms with Gasteiger partial charge in [-0.2, -0.15) is 0 Å². The molecule has 1 aliphatic rings. The third-order valence-corrected chi connectivity index (χ3v) is 4.51. The van der Waals surface area contributed by atoms with Crippen LogP contribution in [0.3, 0.4) is 0 Å². The van der Waals surface area contributed by atoms with Crippen molar-refractivity contribution in [3.8, 4) is 5.75 Å². The van der Waals surface area contributed by atoms with Crippen LogP contribution in [0.15, 0.2) is 48.5 Å². The number of rotatable bonds is 4. The van der Waals surface area contributed by atoms with E-state index < -0.39 is 30.0 Å². The van der Waals surface area contributed by atoms with Gasteiger partial charge in [0.25, 0.3) is 5.91 Å². The summed E-state index contributed by atoms with van der Waals surface area (Å²) < 4.78 is 5.26. The van der Waals surface area contributed by atoms with E-state index >= 15 is 0 Å². The first-order chi connectivity index (χ1) is 12.3. The highest BCUT2D eigenvalue weighted by molar-refractivity contribution is 6.30. The van der Waals surface area contributed by atoms with Crippen LogP contribution in [-0.4, -0.2) is 29.4 Å². The lowest BCUT2D eigenvalue weighted by Gasteiger charge is -2.22. The molecule has 0 aliphatic carbocycles. The highest BCUT2D eigenvalue weighted by Crippen LogP contribution is 2.28. The molecule has 1 aliphatic heterocycles. The number of benzene rings is 2. The minimum Gasteiger partial charge on any atom is -0.425 e. The number of nitrogens with one attached hydrogen (secondary N) is 1. The fourth-order valence-electron chi connectivity index (χ4n) is 2.82. The minimum atomic E-state index is -1.21. The standard InChI is InChI=1S/C19H17ClN2O4/c1-12-10-14(20)8-9-15(12)26-16(23)11-22-17(24)19(2,21-18(22)25)13-6-4-3-5-7-13/h3-10H,11H2,1-2H3,(H,21,25). The van der Waals surface area contributed by atoms with Crippen molar-refractivity contribution in [1.29, 1.82) is 0 Å². The van der Waals surface area contributed by atoms with Gasteiger partial charge in [-0.25, -0.2) is 9.59 Å². The SMILES string of the molecule is Cc1cc(Cl)ccc1OC(=O)CN1C(=O)NC(C)(c2ccccc2)C1=O. The smallest absolute Gasteiger partial charge is 0.331 e. The van der Waals surface area contributed by atoms with E-state index in [0.717, 1.165) is 4.90 Å². The quantitative estimate of drug-likeness (QED) is 0.508. The molecular formula is C19H17ClN2O4. The molecule has 2 aromatic rings. The number of halogens is 1. The van der Waals surface area contributed by atoms with Gasteiger partial charge in [-0.05, 0) is 43.2 Å². The lowest BCUT2D eigenvalue weighted by molar-refractivity contribution is -0.141. The predicted molar refractivity (Wildman–Crippen MR) is 95.9 cm³/mol. The maximum atomic E-state index is 12.8. The van der Waals surface area contributed by atoms with Crippen molar-refractivity contribution in [2.75, 3.05) is 6.54 Å². The number of carbonyl (C=O) groups excluding carboxylic acids is 3. The molecule has 0 saturated carbocycles. The van der Waals surface area contributed by atoms with Crippen LogP contribution in [0, 0.1) is 6.92 Å². The van der Waals surface area contributed by atoms with Crippen molar-refractivity contribution in [1.82, 2.24) is 10.2 Å². The largest absolute Gasteiger partial charge is 0.425 e. The first-order valence-corrected chi connectivity index (χ1v) is 8.35. The Bertz CT molecular complexity index is 884. The summed E-state index contributed by atoms with van der Waals surface area (Å²) in [7, 11) is 0. The molecule has 3 amide bonds. The molecule has 1 atom stereocenters. The zero-order chi connectivity index (χ0) is 18.9. The second-order valence-electron chi connectivity index (χ2n) is 6.20. The van der Waals surface area contributed by atoms with E-state index in [1.165, 1.54) is 0 Å². The summed E-state index contributed by atoms with van der Waals surface area (Å²) in [5.74, 6) is -0.882. The number of esters is 1. The number of amides is 3. The lowest BCUT2D eigenvalue weighted by atomic mass is 9.92. The second kappa shape index (κ2) is 6.80. The third-order valence-electron chi connectivity index (χ3n) is 4.27. The minimum absolute atomic E-state index is 0.331. The number of nitrogens with zero attached hydrogens (tertiary/aromatic N) is 1. The average Bonchev–Trinajstić information content (AvgIpc) is 2.82. The Morgan fingerprint density at radius 2 is 1.88 bits per heavy atom. The molecule has 7 heteroatoms. The molecule has 134 valence electrons. The summed E-state index contributed by atoms with van der Waals surface area (Å²) in [6.45, 7) is 2.88.